The number of carbonyl (C=O) groups is 5. The molecule has 4 aliphatic heterocycles. The summed E-state index contributed by atoms with van der Waals surface area (Å²) in [4.78, 5) is 88.5. The molecule has 0 radical (unpaired) electrons. The lowest BCUT2D eigenvalue weighted by molar-refractivity contribution is -0.146. The second kappa shape index (κ2) is 18.4. The number of pyridine rings is 1. The number of hydrogen-bond acceptors (Lipinski definition) is 10. The Hall–Kier alpha value is -5.20. The van der Waals surface area contributed by atoms with Gasteiger partial charge in [0, 0.05) is 80.6 Å². The number of fused-ring (bicyclic) bond motifs is 4. The molecule has 70 heavy (non-hydrogen) atoms. The fraction of sp³-hybridized carbons (Fsp3) is 0.549. The maximum absolute atomic E-state index is 16.4. The van der Waals surface area contributed by atoms with Gasteiger partial charge in [0.05, 0.1) is 17.1 Å². The molecule has 4 aromatic rings. The van der Waals surface area contributed by atoms with Crippen LogP contribution in [0.4, 0.5) is 10.1 Å². The van der Waals surface area contributed by atoms with Gasteiger partial charge in [-0.3, -0.25) is 53.5 Å². The molecule has 0 bridgehead atoms. The third kappa shape index (κ3) is 8.32. The van der Waals surface area contributed by atoms with Crippen LogP contribution in [0.3, 0.4) is 0 Å². The number of aromatic nitrogens is 3. The number of piperazine rings is 1. The van der Waals surface area contributed by atoms with Crippen molar-refractivity contribution in [3.05, 3.63) is 91.8 Å². The van der Waals surface area contributed by atoms with E-state index >= 15 is 4.39 Å². The van der Waals surface area contributed by atoms with Gasteiger partial charge in [0.2, 0.25) is 23.6 Å². The number of amides is 4. The monoisotopic (exact) mass is 999 g/mol. The maximum atomic E-state index is 16.4. The fourth-order valence-electron chi connectivity index (χ4n) is 13.1. The summed E-state index contributed by atoms with van der Waals surface area (Å²) in [6.07, 6.45) is 8.13. The highest BCUT2D eigenvalue weighted by Crippen LogP contribution is 2.64. The van der Waals surface area contributed by atoms with E-state index < -0.39 is 52.7 Å². The summed E-state index contributed by atoms with van der Waals surface area (Å²) in [5.41, 5.74) is 1.06. The molecule has 4 amide bonds. The van der Waals surface area contributed by atoms with Crippen molar-refractivity contribution in [2.45, 2.75) is 126 Å². The molecular weight excluding hydrogens is 941 g/mol. The smallest absolute Gasteiger partial charge is 0.329 e. The van der Waals surface area contributed by atoms with Crippen molar-refractivity contribution < 1.29 is 33.5 Å². The van der Waals surface area contributed by atoms with E-state index in [2.05, 4.69) is 49.9 Å². The van der Waals surface area contributed by atoms with Crippen LogP contribution in [0.5, 0.6) is 0 Å². The van der Waals surface area contributed by atoms with Crippen molar-refractivity contribution in [2.24, 2.45) is 18.4 Å². The third-order valence-electron chi connectivity index (χ3n) is 16.9. The van der Waals surface area contributed by atoms with E-state index in [1.54, 1.807) is 19.2 Å². The number of benzene rings is 2. The number of aryl methyl sites for hydroxylation is 1. The zero-order valence-corrected chi connectivity index (χ0v) is 41.2. The quantitative estimate of drug-likeness (QED) is 0.100. The molecule has 5 N–H and O–H groups in total. The standard InChI is InChI=1S/C51H60Cl2FN9O7/c1-49(2)16-18-50(19-17-49)51(33-10-7-30(52)25-34(33)57-47(51)69)40(32-14-20-55-43(53)41(32)54)42(59-50)45(66)56-31-8-4-29(5-9-31)26-62-23-22-61(27-38(62)46(67)68)21-15-28-6-11-35-37(24-28)60(3)48(70)63(35)36-12-13-39(64)58-44(36)65/h6-7,10-11,14,20,24-25,29,31,36,38,40,42,59H,4-5,8-9,12-13,15-19,21-23,26-27H2,1-3H3,(H,56,66)(H,57,69)(H,67,68)(H,58,64,65)/t29?,31?,36?,38-,40?,42+,51+/m0/s1. The molecule has 2 unspecified atom stereocenters. The second-order valence-electron chi connectivity index (χ2n) is 21.4. The van der Waals surface area contributed by atoms with Crippen molar-refractivity contribution in [3.8, 4) is 0 Å². The van der Waals surface area contributed by atoms with Crippen LogP contribution in [0.15, 0.2) is 53.5 Å². The molecule has 2 spiro atoms. The number of anilines is 1. The third-order valence-corrected chi connectivity index (χ3v) is 17.4. The molecule has 6 aliphatic rings. The minimum atomic E-state index is -1.37. The van der Waals surface area contributed by atoms with E-state index in [1.807, 2.05) is 24.3 Å². The maximum Gasteiger partial charge on any atom is 0.329 e. The van der Waals surface area contributed by atoms with Crippen molar-refractivity contribution in [3.63, 3.8) is 0 Å². The van der Waals surface area contributed by atoms with Gasteiger partial charge < -0.3 is 15.7 Å². The van der Waals surface area contributed by atoms with Crippen LogP contribution < -0.4 is 27.0 Å². The number of carboxylic acid groups (broad SMARTS) is 1. The van der Waals surface area contributed by atoms with Crippen LogP contribution >= 0.6 is 23.2 Å². The number of imide groups is 1. The Labute approximate surface area is 415 Å². The van der Waals surface area contributed by atoms with Crippen molar-refractivity contribution in [1.82, 2.24) is 39.9 Å². The van der Waals surface area contributed by atoms with Gasteiger partial charge in [-0.15, -0.1) is 0 Å². The Morgan fingerprint density at radius 2 is 1.69 bits per heavy atom. The van der Waals surface area contributed by atoms with Crippen molar-refractivity contribution in [1.29, 1.82) is 0 Å². The molecule has 2 aliphatic carbocycles. The van der Waals surface area contributed by atoms with E-state index in [0.29, 0.717) is 92.1 Å². The van der Waals surface area contributed by atoms with Gasteiger partial charge in [-0.05, 0) is 123 Å². The summed E-state index contributed by atoms with van der Waals surface area (Å²) < 4.78 is 19.4. The van der Waals surface area contributed by atoms with E-state index in [0.717, 1.165) is 31.2 Å². The van der Waals surface area contributed by atoms with Crippen molar-refractivity contribution >= 4 is 69.5 Å². The molecule has 6 heterocycles. The number of halogens is 3. The lowest BCUT2D eigenvalue weighted by Gasteiger charge is -2.50. The predicted octanol–water partition coefficient (Wildman–Crippen LogP) is 5.43. The number of nitrogens with one attached hydrogen (secondary N) is 4. The normalized spacial score (nSPS) is 28.8. The van der Waals surface area contributed by atoms with E-state index in [9.17, 15) is 33.9 Å². The van der Waals surface area contributed by atoms with Gasteiger partial charge in [0.25, 0.3) is 0 Å². The Bertz CT molecular complexity index is 2850. The number of carboxylic acids is 1. The van der Waals surface area contributed by atoms with Gasteiger partial charge in [0.15, 0.2) is 11.0 Å². The highest BCUT2D eigenvalue weighted by atomic mass is 35.5. The average molecular weight is 1000 g/mol. The first kappa shape index (κ1) is 48.4. The van der Waals surface area contributed by atoms with Crippen LogP contribution in [0.1, 0.15) is 107 Å². The first-order chi connectivity index (χ1) is 33.4. The van der Waals surface area contributed by atoms with Crippen LogP contribution in [-0.4, -0.2) is 115 Å². The molecule has 2 saturated carbocycles. The predicted molar refractivity (Wildman–Crippen MR) is 261 cm³/mol. The number of rotatable bonds is 10. The number of nitrogens with zero attached hydrogens (tertiary/aromatic N) is 5. The zero-order chi connectivity index (χ0) is 49.4. The summed E-state index contributed by atoms with van der Waals surface area (Å²) >= 11 is 12.8. The average Bonchev–Trinajstić information content (AvgIpc) is 3.88. The number of imidazole rings is 1. The molecule has 2 aromatic carbocycles. The minimum absolute atomic E-state index is 0.00283. The molecule has 3 saturated heterocycles. The van der Waals surface area contributed by atoms with Crippen LogP contribution in [0.25, 0.3) is 11.0 Å². The fourth-order valence-corrected chi connectivity index (χ4v) is 13.4. The Kier molecular flexibility index (Phi) is 12.8. The lowest BCUT2D eigenvalue weighted by atomic mass is 9.53. The highest BCUT2D eigenvalue weighted by molar-refractivity contribution is 6.31. The highest BCUT2D eigenvalue weighted by Gasteiger charge is 2.73. The van der Waals surface area contributed by atoms with Crippen LogP contribution in [-0.2, 0) is 42.9 Å². The second-order valence-corrected chi connectivity index (χ2v) is 22.2. The largest absolute Gasteiger partial charge is 0.480 e. The Morgan fingerprint density at radius 1 is 0.929 bits per heavy atom. The summed E-state index contributed by atoms with van der Waals surface area (Å²) in [6, 6.07) is 9.92. The molecule has 2 aromatic heterocycles. The number of piperidine rings is 1. The van der Waals surface area contributed by atoms with Crippen molar-refractivity contribution in [2.75, 3.05) is 38.0 Å². The zero-order valence-electron chi connectivity index (χ0n) is 39.7. The lowest BCUT2D eigenvalue weighted by Crippen LogP contribution is -2.61. The number of aliphatic carboxylic acids is 1. The summed E-state index contributed by atoms with van der Waals surface area (Å²) in [6.45, 7) is 7.30. The SMILES string of the molecule is Cn1c(=O)n(C2CCC(=O)NC2=O)c2ccc(CCN3CCN(CC4CCC(NC(=O)[C@@H]5NC6(CCC(C)(C)CC6)[C@@]6(C(=O)Nc7cc(Cl)ccc76)C5c5ccnc(Cl)c5F)CC4)[C@H](C(=O)O)C3)cc21. The molecule has 5 atom stereocenters. The van der Waals surface area contributed by atoms with Gasteiger partial charge >= 0.3 is 11.7 Å². The molecule has 10 rings (SSSR count). The molecule has 16 nitrogen and oxygen atoms in total. The molecular formula is C51H60Cl2FN9O7. The van der Waals surface area contributed by atoms with E-state index in [4.69, 9.17) is 23.2 Å². The first-order valence-electron chi connectivity index (χ1n) is 24.6. The van der Waals surface area contributed by atoms with Gasteiger partial charge in [0.1, 0.15) is 17.5 Å². The van der Waals surface area contributed by atoms with Crippen LogP contribution in [0.2, 0.25) is 10.2 Å². The molecule has 372 valence electrons. The van der Waals surface area contributed by atoms with Gasteiger partial charge in [-0.1, -0.05) is 49.2 Å². The molecule has 5 fully saturated rings. The van der Waals surface area contributed by atoms with Crippen LogP contribution in [0, 0.1) is 17.2 Å². The summed E-state index contributed by atoms with van der Waals surface area (Å²) in [7, 11) is 1.67. The Morgan fingerprint density at radius 3 is 2.41 bits per heavy atom. The van der Waals surface area contributed by atoms with Gasteiger partial charge in [-0.25, -0.2) is 14.2 Å². The first-order valence-corrected chi connectivity index (χ1v) is 25.4. The minimum Gasteiger partial charge on any atom is -0.480 e. The topological polar surface area (TPSA) is 200 Å². The Balaban J connectivity index is 0.796. The number of carbonyl (C=O) groups excluding carboxylic acids is 4. The summed E-state index contributed by atoms with van der Waals surface area (Å²) in [5.74, 6) is -3.83. The van der Waals surface area contributed by atoms with E-state index in [-0.39, 0.29) is 64.3 Å². The number of hydrogen-bond donors (Lipinski definition) is 5. The summed E-state index contributed by atoms with van der Waals surface area (Å²) in [5, 5.41) is 23.0. The van der Waals surface area contributed by atoms with E-state index in [1.165, 1.54) is 21.4 Å². The van der Waals surface area contributed by atoms with Gasteiger partial charge in [-0.2, -0.15) is 0 Å². The molecule has 19 heteroatoms.